The van der Waals surface area contributed by atoms with Gasteiger partial charge in [0.05, 0.1) is 18.2 Å². The number of nitrogen functional groups attached to an aromatic ring is 1. The molecule has 1 aromatic carbocycles. The van der Waals surface area contributed by atoms with E-state index in [9.17, 15) is 9.90 Å². The fraction of sp³-hybridized carbons (Fsp3) is 0.500. The predicted octanol–water partition coefficient (Wildman–Crippen LogP) is 1.56. The zero-order valence-corrected chi connectivity index (χ0v) is 12.1. The summed E-state index contributed by atoms with van der Waals surface area (Å²) in [6, 6.07) is 5.02. The summed E-state index contributed by atoms with van der Waals surface area (Å²) < 4.78 is 5.14. The Hall–Kier alpha value is -1.75. The summed E-state index contributed by atoms with van der Waals surface area (Å²) in [5.41, 5.74) is 4.56. The van der Waals surface area contributed by atoms with E-state index < -0.39 is 11.1 Å². The number of amides is 1. The van der Waals surface area contributed by atoms with E-state index in [2.05, 4.69) is 5.32 Å². The summed E-state index contributed by atoms with van der Waals surface area (Å²) in [5.74, 6) is 0.0334. The Morgan fingerprint density at radius 3 is 2.37 bits per heavy atom. The van der Waals surface area contributed by atoms with Gasteiger partial charge in [0.1, 0.15) is 11.3 Å². The average molecular weight is 266 g/mol. The Morgan fingerprint density at radius 2 is 1.89 bits per heavy atom. The molecule has 0 spiro atoms. The molecule has 0 radical (unpaired) electrons. The van der Waals surface area contributed by atoms with Crippen molar-refractivity contribution in [1.82, 2.24) is 5.32 Å². The molecule has 0 fully saturated rings. The van der Waals surface area contributed by atoms with E-state index in [-0.39, 0.29) is 11.5 Å². The summed E-state index contributed by atoms with van der Waals surface area (Å²) in [6.07, 6.45) is 0. The number of aliphatic hydroxyl groups is 1. The maximum absolute atomic E-state index is 12.3. The molecule has 0 atom stereocenters. The molecule has 1 aromatic rings. The molecule has 4 N–H and O–H groups in total. The maximum Gasteiger partial charge on any atom is 0.257 e. The Balaban J connectivity index is 3.10. The standard InChI is InChI=1S/C14H22N2O3/c1-13(2,14(3,4)18)16-12(17)11-9(15)7-6-8-10(11)19-5/h6-8,18H,15H2,1-5H3,(H,16,17). The number of hydrogen-bond donors (Lipinski definition) is 3. The molecular weight excluding hydrogens is 244 g/mol. The third kappa shape index (κ3) is 3.17. The van der Waals surface area contributed by atoms with Crippen LogP contribution in [-0.4, -0.2) is 29.3 Å². The van der Waals surface area contributed by atoms with Crippen molar-refractivity contribution in [1.29, 1.82) is 0 Å². The number of anilines is 1. The van der Waals surface area contributed by atoms with Crippen LogP contribution in [0.25, 0.3) is 0 Å². The van der Waals surface area contributed by atoms with Crippen LogP contribution >= 0.6 is 0 Å². The van der Waals surface area contributed by atoms with Gasteiger partial charge in [0.25, 0.3) is 5.91 Å². The Labute approximate surface area is 113 Å². The number of nitrogens with two attached hydrogens (primary N) is 1. The molecule has 0 bridgehead atoms. The Bertz CT molecular complexity index is 476. The number of hydrogen-bond acceptors (Lipinski definition) is 4. The van der Waals surface area contributed by atoms with Crippen LogP contribution in [0.1, 0.15) is 38.1 Å². The van der Waals surface area contributed by atoms with E-state index >= 15 is 0 Å². The van der Waals surface area contributed by atoms with Crippen molar-refractivity contribution in [2.24, 2.45) is 0 Å². The van der Waals surface area contributed by atoms with Crippen LogP contribution in [-0.2, 0) is 0 Å². The zero-order chi connectivity index (χ0) is 14.8. The van der Waals surface area contributed by atoms with E-state index in [0.29, 0.717) is 11.4 Å². The van der Waals surface area contributed by atoms with Gasteiger partial charge in [-0.15, -0.1) is 0 Å². The lowest BCUT2D eigenvalue weighted by atomic mass is 9.85. The number of carbonyl (C=O) groups excluding carboxylic acids is 1. The number of methoxy groups -OCH3 is 1. The minimum Gasteiger partial charge on any atom is -0.496 e. The van der Waals surface area contributed by atoms with E-state index in [1.807, 2.05) is 0 Å². The molecule has 106 valence electrons. The first kappa shape index (κ1) is 15.3. The zero-order valence-electron chi connectivity index (χ0n) is 12.1. The monoisotopic (exact) mass is 266 g/mol. The molecule has 0 heterocycles. The smallest absolute Gasteiger partial charge is 0.257 e. The van der Waals surface area contributed by atoms with Crippen molar-refractivity contribution in [3.63, 3.8) is 0 Å². The van der Waals surface area contributed by atoms with Crippen molar-refractivity contribution in [2.45, 2.75) is 38.8 Å². The number of nitrogens with one attached hydrogen (secondary N) is 1. The minimum atomic E-state index is -1.07. The molecule has 5 nitrogen and oxygen atoms in total. The summed E-state index contributed by atoms with van der Waals surface area (Å²) in [4.78, 5) is 12.3. The number of carbonyl (C=O) groups is 1. The largest absolute Gasteiger partial charge is 0.496 e. The van der Waals surface area contributed by atoms with Crippen molar-refractivity contribution >= 4 is 11.6 Å². The van der Waals surface area contributed by atoms with E-state index in [1.54, 1.807) is 45.9 Å². The lowest BCUT2D eigenvalue weighted by Crippen LogP contribution is -2.57. The normalized spacial score (nSPS) is 12.1. The highest BCUT2D eigenvalue weighted by Gasteiger charge is 2.37. The van der Waals surface area contributed by atoms with Gasteiger partial charge in [0, 0.05) is 5.69 Å². The first-order valence-electron chi connectivity index (χ1n) is 6.07. The second-order valence-electron chi connectivity index (χ2n) is 5.56. The van der Waals surface area contributed by atoms with Crippen LogP contribution in [0.4, 0.5) is 5.69 Å². The molecule has 0 aromatic heterocycles. The molecule has 1 rings (SSSR count). The maximum atomic E-state index is 12.3. The van der Waals surface area contributed by atoms with Crippen LogP contribution < -0.4 is 15.8 Å². The van der Waals surface area contributed by atoms with Crippen LogP contribution in [0.15, 0.2) is 18.2 Å². The van der Waals surface area contributed by atoms with Gasteiger partial charge in [-0.2, -0.15) is 0 Å². The fourth-order valence-electron chi connectivity index (χ4n) is 1.46. The number of rotatable bonds is 4. The lowest BCUT2D eigenvalue weighted by Gasteiger charge is -2.38. The van der Waals surface area contributed by atoms with Crippen LogP contribution in [0.2, 0.25) is 0 Å². The summed E-state index contributed by atoms with van der Waals surface area (Å²) in [6.45, 7) is 6.77. The van der Waals surface area contributed by atoms with Gasteiger partial charge in [-0.25, -0.2) is 0 Å². The summed E-state index contributed by atoms with van der Waals surface area (Å²) in [5, 5.41) is 12.8. The van der Waals surface area contributed by atoms with Gasteiger partial charge in [-0.1, -0.05) is 6.07 Å². The van der Waals surface area contributed by atoms with Gasteiger partial charge in [0.15, 0.2) is 0 Å². The van der Waals surface area contributed by atoms with Crippen LogP contribution in [0.5, 0.6) is 5.75 Å². The Kier molecular flexibility index (Phi) is 4.10. The van der Waals surface area contributed by atoms with E-state index in [4.69, 9.17) is 10.5 Å². The van der Waals surface area contributed by atoms with Crippen molar-refractivity contribution in [3.05, 3.63) is 23.8 Å². The molecule has 0 aliphatic rings. The topological polar surface area (TPSA) is 84.6 Å². The predicted molar refractivity (Wildman–Crippen MR) is 75.2 cm³/mol. The van der Waals surface area contributed by atoms with Crippen LogP contribution in [0, 0.1) is 0 Å². The van der Waals surface area contributed by atoms with E-state index in [1.165, 1.54) is 7.11 Å². The third-order valence-corrected chi connectivity index (χ3v) is 3.46. The minimum absolute atomic E-state index is 0.280. The lowest BCUT2D eigenvalue weighted by molar-refractivity contribution is -0.00296. The quantitative estimate of drug-likeness (QED) is 0.722. The van der Waals surface area contributed by atoms with Gasteiger partial charge in [-0.05, 0) is 39.8 Å². The second-order valence-corrected chi connectivity index (χ2v) is 5.56. The molecule has 0 unspecified atom stereocenters. The first-order chi connectivity index (χ1) is 8.60. The highest BCUT2D eigenvalue weighted by molar-refractivity contribution is 6.02. The molecular formula is C14H22N2O3. The summed E-state index contributed by atoms with van der Waals surface area (Å²) in [7, 11) is 1.48. The third-order valence-electron chi connectivity index (χ3n) is 3.46. The van der Waals surface area contributed by atoms with Crippen molar-refractivity contribution in [3.8, 4) is 5.75 Å². The highest BCUT2D eigenvalue weighted by Crippen LogP contribution is 2.26. The molecule has 0 aliphatic carbocycles. The molecule has 5 heteroatoms. The molecule has 1 amide bonds. The van der Waals surface area contributed by atoms with Crippen molar-refractivity contribution < 1.29 is 14.6 Å². The van der Waals surface area contributed by atoms with Gasteiger partial charge in [-0.3, -0.25) is 4.79 Å². The van der Waals surface area contributed by atoms with Gasteiger partial charge >= 0.3 is 0 Å². The second kappa shape index (κ2) is 5.09. The molecule has 0 saturated carbocycles. The van der Waals surface area contributed by atoms with E-state index in [0.717, 1.165) is 0 Å². The first-order valence-corrected chi connectivity index (χ1v) is 6.07. The fourth-order valence-corrected chi connectivity index (χ4v) is 1.46. The number of ether oxygens (including phenoxy) is 1. The van der Waals surface area contributed by atoms with Gasteiger partial charge in [0.2, 0.25) is 0 Å². The Morgan fingerprint density at radius 1 is 1.32 bits per heavy atom. The number of benzene rings is 1. The average Bonchev–Trinajstić information content (AvgIpc) is 2.26. The summed E-state index contributed by atoms with van der Waals surface area (Å²) >= 11 is 0. The molecule has 0 saturated heterocycles. The molecule has 19 heavy (non-hydrogen) atoms. The van der Waals surface area contributed by atoms with Gasteiger partial charge < -0.3 is 20.9 Å². The SMILES string of the molecule is COc1cccc(N)c1C(=O)NC(C)(C)C(C)(C)O. The van der Waals surface area contributed by atoms with Crippen molar-refractivity contribution in [2.75, 3.05) is 12.8 Å². The van der Waals surface area contributed by atoms with Crippen LogP contribution in [0.3, 0.4) is 0 Å². The highest BCUT2D eigenvalue weighted by atomic mass is 16.5. The molecule has 0 aliphatic heterocycles.